The number of benzene rings is 3. The van der Waals surface area contributed by atoms with Gasteiger partial charge in [-0.15, -0.1) is 0 Å². The van der Waals surface area contributed by atoms with E-state index in [2.05, 4.69) is 10.3 Å². The fraction of sp³-hybridized carbons (Fsp3) is 0.130. The fourth-order valence-electron chi connectivity index (χ4n) is 2.99. The maximum atomic E-state index is 12.4. The van der Waals surface area contributed by atoms with Crippen LogP contribution in [0.25, 0.3) is 10.8 Å². The Hall–Kier alpha value is -3.31. The summed E-state index contributed by atoms with van der Waals surface area (Å²) in [6, 6.07) is 21.0. The number of rotatable bonds is 6. The van der Waals surface area contributed by atoms with Gasteiger partial charge in [0.05, 0.1) is 6.04 Å². The van der Waals surface area contributed by atoms with E-state index in [0.29, 0.717) is 16.7 Å². The van der Waals surface area contributed by atoms with Gasteiger partial charge in [-0.05, 0) is 47.5 Å². The van der Waals surface area contributed by atoms with Crippen molar-refractivity contribution in [1.82, 2.24) is 10.3 Å². The summed E-state index contributed by atoms with van der Waals surface area (Å²) < 4.78 is 11.1. The molecule has 0 bridgehead atoms. The van der Waals surface area contributed by atoms with Crippen LogP contribution in [0.4, 0.5) is 0 Å². The molecular weight excluding hydrogens is 388 g/mol. The summed E-state index contributed by atoms with van der Waals surface area (Å²) in [6.45, 7) is 2.03. The van der Waals surface area contributed by atoms with E-state index in [9.17, 15) is 4.79 Å². The molecule has 0 radical (unpaired) electrons. The Morgan fingerprint density at radius 1 is 1.10 bits per heavy atom. The molecule has 4 aromatic rings. The van der Waals surface area contributed by atoms with E-state index < -0.39 is 0 Å². The van der Waals surface area contributed by atoms with E-state index in [4.69, 9.17) is 20.8 Å². The van der Waals surface area contributed by atoms with Gasteiger partial charge in [0.2, 0.25) is 5.89 Å². The lowest BCUT2D eigenvalue weighted by atomic mass is 10.1. The summed E-state index contributed by atoms with van der Waals surface area (Å²) in [4.78, 5) is 16.7. The molecule has 0 saturated heterocycles. The van der Waals surface area contributed by atoms with Gasteiger partial charge in [0.1, 0.15) is 12.0 Å². The number of fused-ring (bicyclic) bond motifs is 1. The molecule has 1 heterocycles. The average molecular weight is 407 g/mol. The van der Waals surface area contributed by atoms with Gasteiger partial charge in [-0.2, -0.15) is 0 Å². The second-order valence-electron chi connectivity index (χ2n) is 6.67. The zero-order valence-electron chi connectivity index (χ0n) is 15.8. The van der Waals surface area contributed by atoms with Gasteiger partial charge < -0.3 is 14.5 Å². The summed E-state index contributed by atoms with van der Waals surface area (Å²) >= 11 is 5.90. The van der Waals surface area contributed by atoms with Crippen LogP contribution in [0.5, 0.6) is 5.75 Å². The predicted molar refractivity (Wildman–Crippen MR) is 112 cm³/mol. The Morgan fingerprint density at radius 3 is 2.66 bits per heavy atom. The number of carbonyl (C=O) groups excluding carboxylic acids is 1. The lowest BCUT2D eigenvalue weighted by molar-refractivity contribution is 0.0934. The molecule has 146 valence electrons. The molecule has 29 heavy (non-hydrogen) atoms. The first-order valence-electron chi connectivity index (χ1n) is 9.21. The van der Waals surface area contributed by atoms with Gasteiger partial charge >= 0.3 is 0 Å². The molecule has 6 heteroatoms. The van der Waals surface area contributed by atoms with Crippen molar-refractivity contribution in [2.75, 3.05) is 0 Å². The number of hydrogen-bond donors (Lipinski definition) is 1. The van der Waals surface area contributed by atoms with Crippen molar-refractivity contribution >= 4 is 28.3 Å². The maximum Gasteiger partial charge on any atom is 0.273 e. The van der Waals surface area contributed by atoms with Crippen LogP contribution in [0.2, 0.25) is 5.02 Å². The fourth-order valence-corrected chi connectivity index (χ4v) is 3.12. The third-order valence-electron chi connectivity index (χ3n) is 4.59. The van der Waals surface area contributed by atoms with E-state index in [-0.39, 0.29) is 24.2 Å². The Bertz CT molecular complexity index is 1140. The van der Waals surface area contributed by atoms with Gasteiger partial charge in [-0.25, -0.2) is 4.98 Å². The predicted octanol–water partition coefficient (Wildman–Crippen LogP) is 5.55. The molecular formula is C23H19ClN2O3. The second kappa shape index (κ2) is 8.37. The average Bonchev–Trinajstić information content (AvgIpc) is 3.22. The first kappa shape index (κ1) is 19.0. The maximum absolute atomic E-state index is 12.4. The molecule has 1 aromatic heterocycles. The van der Waals surface area contributed by atoms with E-state index in [0.717, 1.165) is 16.3 Å². The van der Waals surface area contributed by atoms with Gasteiger partial charge in [-0.3, -0.25) is 4.79 Å². The standard InChI is InChI=1S/C23H19ClN2O3/c1-15(16-6-9-19(24)10-7-16)25-23(27)21-13-29-22(26-21)14-28-20-11-8-17-4-2-3-5-18(17)12-20/h2-13,15H,14H2,1H3,(H,25,27)/t15-/m1/s1. The van der Waals surface area contributed by atoms with Crippen LogP contribution in [0.15, 0.2) is 77.4 Å². The zero-order valence-corrected chi connectivity index (χ0v) is 16.5. The molecule has 0 aliphatic rings. The van der Waals surface area contributed by atoms with Crippen molar-refractivity contribution in [2.24, 2.45) is 0 Å². The first-order chi connectivity index (χ1) is 14.1. The van der Waals surface area contributed by atoms with Crippen molar-refractivity contribution < 1.29 is 13.9 Å². The molecule has 0 spiro atoms. The number of nitrogens with one attached hydrogen (secondary N) is 1. The van der Waals surface area contributed by atoms with Crippen molar-refractivity contribution in [3.63, 3.8) is 0 Å². The molecule has 1 N–H and O–H groups in total. The van der Waals surface area contributed by atoms with Crippen LogP contribution in [0, 0.1) is 0 Å². The molecule has 0 fully saturated rings. The van der Waals surface area contributed by atoms with Crippen molar-refractivity contribution in [1.29, 1.82) is 0 Å². The first-order valence-corrected chi connectivity index (χ1v) is 9.58. The van der Waals surface area contributed by atoms with E-state index in [1.807, 2.05) is 61.5 Å². The quantitative estimate of drug-likeness (QED) is 0.456. The second-order valence-corrected chi connectivity index (χ2v) is 7.11. The highest BCUT2D eigenvalue weighted by atomic mass is 35.5. The Balaban J connectivity index is 1.37. The van der Waals surface area contributed by atoms with Crippen LogP contribution in [0.1, 0.15) is 34.9 Å². The van der Waals surface area contributed by atoms with Crippen LogP contribution in [-0.4, -0.2) is 10.9 Å². The summed E-state index contributed by atoms with van der Waals surface area (Å²) in [5, 5.41) is 5.78. The molecule has 3 aromatic carbocycles. The third-order valence-corrected chi connectivity index (χ3v) is 4.84. The topological polar surface area (TPSA) is 64.4 Å². The van der Waals surface area contributed by atoms with Crippen LogP contribution >= 0.6 is 11.6 Å². The van der Waals surface area contributed by atoms with Crippen molar-refractivity contribution in [3.05, 3.63) is 95.2 Å². The highest BCUT2D eigenvalue weighted by Gasteiger charge is 2.16. The number of aromatic nitrogens is 1. The SMILES string of the molecule is C[C@@H](NC(=O)c1coc(COc2ccc3ccccc3c2)n1)c1ccc(Cl)cc1. The number of halogens is 1. The van der Waals surface area contributed by atoms with Crippen molar-refractivity contribution in [2.45, 2.75) is 19.6 Å². The highest BCUT2D eigenvalue weighted by Crippen LogP contribution is 2.21. The highest BCUT2D eigenvalue weighted by molar-refractivity contribution is 6.30. The monoisotopic (exact) mass is 406 g/mol. The van der Waals surface area contributed by atoms with Crippen LogP contribution in [0.3, 0.4) is 0 Å². The Kier molecular flexibility index (Phi) is 5.49. The smallest absolute Gasteiger partial charge is 0.273 e. The lowest BCUT2D eigenvalue weighted by Crippen LogP contribution is -2.26. The zero-order chi connectivity index (χ0) is 20.2. The molecule has 1 atom stereocenters. The molecule has 0 aliphatic carbocycles. The number of amides is 1. The third kappa shape index (κ3) is 4.58. The van der Waals surface area contributed by atoms with Gasteiger partial charge in [0.25, 0.3) is 5.91 Å². The number of hydrogen-bond acceptors (Lipinski definition) is 4. The summed E-state index contributed by atoms with van der Waals surface area (Å²) in [5.74, 6) is 0.736. The number of oxazole rings is 1. The van der Waals surface area contributed by atoms with Crippen LogP contribution in [-0.2, 0) is 6.61 Å². The number of nitrogens with zero attached hydrogens (tertiary/aromatic N) is 1. The molecule has 1 amide bonds. The minimum absolute atomic E-state index is 0.137. The molecule has 4 rings (SSSR count). The summed E-state index contributed by atoms with van der Waals surface area (Å²) in [6.07, 6.45) is 1.34. The minimum atomic E-state index is -0.312. The normalized spacial score (nSPS) is 11.9. The van der Waals surface area contributed by atoms with E-state index in [1.54, 1.807) is 12.1 Å². The van der Waals surface area contributed by atoms with Gasteiger partial charge in [0.15, 0.2) is 12.3 Å². The molecule has 0 aliphatic heterocycles. The van der Waals surface area contributed by atoms with Gasteiger partial charge in [-0.1, -0.05) is 54.1 Å². The summed E-state index contributed by atoms with van der Waals surface area (Å²) in [7, 11) is 0. The molecule has 5 nitrogen and oxygen atoms in total. The lowest BCUT2D eigenvalue weighted by Gasteiger charge is -2.13. The number of carbonyl (C=O) groups is 1. The molecule has 0 saturated carbocycles. The Morgan fingerprint density at radius 2 is 1.86 bits per heavy atom. The summed E-state index contributed by atoms with van der Waals surface area (Å²) in [5.41, 5.74) is 1.16. The van der Waals surface area contributed by atoms with Crippen molar-refractivity contribution in [3.8, 4) is 5.75 Å². The van der Waals surface area contributed by atoms with Crippen LogP contribution < -0.4 is 10.1 Å². The van der Waals surface area contributed by atoms with E-state index >= 15 is 0 Å². The van der Waals surface area contributed by atoms with Gasteiger partial charge in [0, 0.05) is 5.02 Å². The largest absolute Gasteiger partial charge is 0.484 e. The Labute approximate surface area is 173 Å². The van der Waals surface area contributed by atoms with E-state index in [1.165, 1.54) is 6.26 Å². The minimum Gasteiger partial charge on any atom is -0.484 e. The molecule has 0 unspecified atom stereocenters. The number of ether oxygens (including phenoxy) is 1.